The fraction of sp³-hybridized carbons (Fsp3) is 0.190. The zero-order valence-electron chi connectivity index (χ0n) is 16.9. The summed E-state index contributed by atoms with van der Waals surface area (Å²) in [6.45, 7) is 0.351. The van der Waals surface area contributed by atoms with Gasteiger partial charge in [-0.1, -0.05) is 11.2 Å². The van der Waals surface area contributed by atoms with Crippen LogP contribution in [0.3, 0.4) is 0 Å². The van der Waals surface area contributed by atoms with Gasteiger partial charge in [0.1, 0.15) is 11.4 Å². The molecule has 0 radical (unpaired) electrons. The van der Waals surface area contributed by atoms with E-state index >= 15 is 0 Å². The Morgan fingerprint density at radius 3 is 2.56 bits per heavy atom. The number of halogens is 6. The Kier molecular flexibility index (Phi) is 4.99. The molecule has 5 rings (SSSR count). The zero-order valence-corrected chi connectivity index (χ0v) is 16.9. The van der Waals surface area contributed by atoms with Crippen LogP contribution in [-0.2, 0) is 25.4 Å². The van der Waals surface area contributed by atoms with Crippen LogP contribution in [0.25, 0.3) is 22.8 Å². The number of imidazole rings is 1. The van der Waals surface area contributed by atoms with E-state index in [0.29, 0.717) is 29.9 Å². The largest absolute Gasteiger partial charge is 0.461 e. The number of hydrogen-bond acceptors (Lipinski definition) is 6. The molecular formula is C21H13F6N5O2. The third-order valence-corrected chi connectivity index (χ3v) is 5.07. The molecule has 1 aromatic carbocycles. The lowest BCUT2D eigenvalue weighted by atomic mass is 10.0. The first kappa shape index (κ1) is 21.8. The molecule has 34 heavy (non-hydrogen) atoms. The number of H-pyrrole nitrogens is 1. The number of hydrazone groups is 1. The van der Waals surface area contributed by atoms with E-state index < -0.39 is 29.0 Å². The fourth-order valence-corrected chi connectivity index (χ4v) is 3.51. The number of aromatic amines is 1. The predicted octanol–water partition coefficient (Wildman–Crippen LogP) is 5.71. The van der Waals surface area contributed by atoms with E-state index in [2.05, 4.69) is 20.2 Å². The first-order valence-corrected chi connectivity index (χ1v) is 9.74. The second-order valence-electron chi connectivity index (χ2n) is 7.43. The van der Waals surface area contributed by atoms with Crippen LogP contribution in [0.2, 0.25) is 0 Å². The van der Waals surface area contributed by atoms with Gasteiger partial charge in [0.25, 0.3) is 0 Å². The summed E-state index contributed by atoms with van der Waals surface area (Å²) in [5.41, 5.74) is -2.26. The minimum Gasteiger partial charge on any atom is -0.461 e. The van der Waals surface area contributed by atoms with Crippen LogP contribution in [0, 0.1) is 0 Å². The van der Waals surface area contributed by atoms with Gasteiger partial charge in [-0.2, -0.15) is 31.4 Å². The molecule has 0 aliphatic carbocycles. The Balaban J connectivity index is 1.36. The molecular weight excluding hydrogens is 468 g/mol. The number of benzene rings is 1. The van der Waals surface area contributed by atoms with E-state index in [1.54, 1.807) is 17.1 Å². The van der Waals surface area contributed by atoms with Gasteiger partial charge in [-0.05, 0) is 24.3 Å². The molecule has 7 nitrogen and oxygen atoms in total. The molecule has 1 aliphatic rings. The molecule has 0 bridgehead atoms. The number of hydrogen-bond donors (Lipinski definition) is 1. The van der Waals surface area contributed by atoms with Crippen molar-refractivity contribution in [2.24, 2.45) is 5.10 Å². The molecule has 0 spiro atoms. The molecule has 3 aromatic heterocycles. The van der Waals surface area contributed by atoms with E-state index in [0.717, 1.165) is 11.8 Å². The lowest BCUT2D eigenvalue weighted by Crippen LogP contribution is -2.21. The van der Waals surface area contributed by atoms with Gasteiger partial charge in [-0.3, -0.25) is 5.01 Å². The maximum absolute atomic E-state index is 13.5. The average molecular weight is 481 g/mol. The average Bonchev–Trinajstić information content (AvgIpc) is 3.52. The van der Waals surface area contributed by atoms with Crippen molar-refractivity contribution in [1.82, 2.24) is 20.1 Å². The molecule has 176 valence electrons. The van der Waals surface area contributed by atoms with Crippen molar-refractivity contribution in [3.8, 4) is 22.8 Å². The van der Waals surface area contributed by atoms with Crippen molar-refractivity contribution in [2.75, 3.05) is 0 Å². The Labute approximate surface area is 186 Å². The highest BCUT2D eigenvalue weighted by atomic mass is 19.4. The number of nitrogens with zero attached hydrogens (tertiary/aromatic N) is 4. The number of alkyl halides is 6. The Morgan fingerprint density at radius 1 is 1.03 bits per heavy atom. The van der Waals surface area contributed by atoms with Crippen molar-refractivity contribution >= 4 is 6.21 Å². The third-order valence-electron chi connectivity index (χ3n) is 5.07. The number of fused-ring (bicyclic) bond motifs is 1. The highest BCUT2D eigenvalue weighted by Gasteiger charge is 2.39. The summed E-state index contributed by atoms with van der Waals surface area (Å²) in [6, 6.07) is 6.08. The van der Waals surface area contributed by atoms with Gasteiger partial charge in [-0.15, -0.1) is 0 Å². The van der Waals surface area contributed by atoms with Gasteiger partial charge in [0.15, 0.2) is 17.3 Å². The van der Waals surface area contributed by atoms with Crippen LogP contribution in [0.15, 0.2) is 56.7 Å². The van der Waals surface area contributed by atoms with Crippen molar-refractivity contribution in [3.63, 3.8) is 0 Å². The van der Waals surface area contributed by atoms with Gasteiger partial charge >= 0.3 is 12.4 Å². The van der Waals surface area contributed by atoms with Gasteiger partial charge in [-0.25, -0.2) is 4.98 Å². The number of nitrogens with one attached hydrogen (secondary N) is 1. The number of furan rings is 1. The molecule has 1 N–H and O–H groups in total. The first-order valence-electron chi connectivity index (χ1n) is 9.74. The second kappa shape index (κ2) is 7.78. The van der Waals surface area contributed by atoms with Crippen LogP contribution in [0.4, 0.5) is 26.3 Å². The zero-order chi connectivity index (χ0) is 24.1. The predicted molar refractivity (Wildman–Crippen MR) is 105 cm³/mol. The quantitative estimate of drug-likeness (QED) is 0.378. The van der Waals surface area contributed by atoms with Crippen molar-refractivity contribution in [2.45, 2.75) is 25.4 Å². The number of rotatable bonds is 4. The molecule has 1 aliphatic heterocycles. The minimum absolute atomic E-state index is 0.0556. The third kappa shape index (κ3) is 4.16. The standard InChI is InChI=1S/C21H13F6N5O2/c22-20(23,24)11-3-4-13(14(6-11)21(25,26)27)15-7-12(34-31-15)9-32-10-17-16(8-28-32)29-19(30-17)18-2-1-5-33-18/h1-8H,9-10H2,(H,29,30). The van der Waals surface area contributed by atoms with Crippen LogP contribution in [0.1, 0.15) is 28.3 Å². The van der Waals surface area contributed by atoms with Crippen molar-refractivity contribution in [3.05, 3.63) is 70.9 Å². The molecule has 4 aromatic rings. The SMILES string of the molecule is FC(F)(F)c1ccc(-c2cc(CN3Cc4[nH]c(-c5ccco5)nc4C=N3)on2)c(C(F)(F)F)c1. The van der Waals surface area contributed by atoms with Gasteiger partial charge in [0.05, 0.1) is 42.4 Å². The molecule has 0 unspecified atom stereocenters. The summed E-state index contributed by atoms with van der Waals surface area (Å²) < 4.78 is 89.5. The molecule has 0 amide bonds. The Bertz CT molecular complexity index is 1350. The van der Waals surface area contributed by atoms with Gasteiger partial charge in [0.2, 0.25) is 0 Å². The normalized spacial score (nSPS) is 14.0. The fourth-order valence-electron chi connectivity index (χ4n) is 3.51. The molecule has 4 heterocycles. The molecule has 13 heteroatoms. The highest BCUT2D eigenvalue weighted by molar-refractivity contribution is 5.80. The smallest absolute Gasteiger partial charge is 0.417 e. The lowest BCUT2D eigenvalue weighted by molar-refractivity contribution is -0.142. The summed E-state index contributed by atoms with van der Waals surface area (Å²) in [5.74, 6) is 1.24. The van der Waals surface area contributed by atoms with E-state index in [-0.39, 0.29) is 24.1 Å². The Hall–Kier alpha value is -4.03. The maximum atomic E-state index is 13.5. The monoisotopic (exact) mass is 481 g/mol. The summed E-state index contributed by atoms with van der Waals surface area (Å²) >= 11 is 0. The van der Waals surface area contributed by atoms with Crippen molar-refractivity contribution in [1.29, 1.82) is 0 Å². The summed E-state index contributed by atoms with van der Waals surface area (Å²) in [7, 11) is 0. The summed E-state index contributed by atoms with van der Waals surface area (Å²) in [6.07, 6.45) is -6.91. The summed E-state index contributed by atoms with van der Waals surface area (Å²) in [4.78, 5) is 7.51. The summed E-state index contributed by atoms with van der Waals surface area (Å²) in [5, 5.41) is 9.44. The molecule has 0 atom stereocenters. The second-order valence-corrected chi connectivity index (χ2v) is 7.43. The van der Waals surface area contributed by atoms with Crippen LogP contribution in [-0.4, -0.2) is 26.3 Å². The molecule has 0 fully saturated rings. The maximum Gasteiger partial charge on any atom is 0.417 e. The Morgan fingerprint density at radius 2 is 1.85 bits per heavy atom. The first-order chi connectivity index (χ1) is 16.1. The van der Waals surface area contributed by atoms with E-state index in [1.807, 2.05) is 0 Å². The van der Waals surface area contributed by atoms with Crippen molar-refractivity contribution < 1.29 is 35.3 Å². The highest BCUT2D eigenvalue weighted by Crippen LogP contribution is 2.40. The topological polar surface area (TPSA) is 83.5 Å². The van der Waals surface area contributed by atoms with Gasteiger partial charge < -0.3 is 13.9 Å². The lowest BCUT2D eigenvalue weighted by Gasteiger charge is -2.19. The number of aromatic nitrogens is 3. The molecule has 0 saturated carbocycles. The van der Waals surface area contributed by atoms with Gasteiger partial charge in [0, 0.05) is 11.6 Å². The van der Waals surface area contributed by atoms with Crippen LogP contribution >= 0.6 is 0 Å². The minimum atomic E-state index is -5.02. The van der Waals surface area contributed by atoms with Crippen LogP contribution in [0.5, 0.6) is 0 Å². The van der Waals surface area contributed by atoms with E-state index in [4.69, 9.17) is 8.94 Å². The van der Waals surface area contributed by atoms with E-state index in [9.17, 15) is 26.3 Å². The molecule has 0 saturated heterocycles. The van der Waals surface area contributed by atoms with E-state index in [1.165, 1.54) is 18.5 Å². The van der Waals surface area contributed by atoms with Crippen LogP contribution < -0.4 is 0 Å².